The number of anilines is 1. The second kappa shape index (κ2) is 9.84. The molecule has 26 heavy (non-hydrogen) atoms. The first kappa shape index (κ1) is 18.3. The molecule has 138 valence electrons. The molecule has 1 aliphatic heterocycles. The number of carbonyl (C=O) groups excluding carboxylic acids is 1. The Morgan fingerprint density at radius 2 is 1.85 bits per heavy atom. The predicted octanol–water partition coefficient (Wildman–Crippen LogP) is 1.19. The highest BCUT2D eigenvalue weighted by molar-refractivity contribution is 5.92. The zero-order valence-electron chi connectivity index (χ0n) is 14.9. The molecule has 0 saturated carbocycles. The van der Waals surface area contributed by atoms with Crippen molar-refractivity contribution in [3.05, 3.63) is 53.7 Å². The maximum atomic E-state index is 12.1. The third-order valence-electron chi connectivity index (χ3n) is 4.28. The number of rotatable bonds is 8. The number of nitrogens with one attached hydrogen (secondary N) is 2. The monoisotopic (exact) mass is 355 g/mol. The summed E-state index contributed by atoms with van der Waals surface area (Å²) in [4.78, 5) is 14.4. The molecule has 2 aromatic rings. The molecular formula is C19H25N5O2. The van der Waals surface area contributed by atoms with Gasteiger partial charge in [0.15, 0.2) is 5.69 Å². The average Bonchev–Trinajstić information content (AvgIpc) is 2.70. The molecule has 0 atom stereocenters. The summed E-state index contributed by atoms with van der Waals surface area (Å²) in [5.74, 6) is 0.479. The SMILES string of the molecule is O=C(NCCN1CCOCC1)c1ccc(NCCc2ccccc2)nn1. The predicted molar refractivity (Wildman–Crippen MR) is 100 cm³/mol. The minimum Gasteiger partial charge on any atom is -0.379 e. The summed E-state index contributed by atoms with van der Waals surface area (Å²) in [7, 11) is 0. The van der Waals surface area contributed by atoms with E-state index in [9.17, 15) is 4.79 Å². The minimum absolute atomic E-state index is 0.193. The van der Waals surface area contributed by atoms with Crippen LogP contribution < -0.4 is 10.6 Å². The van der Waals surface area contributed by atoms with Gasteiger partial charge in [0.25, 0.3) is 5.91 Å². The molecule has 1 aromatic carbocycles. The van der Waals surface area contributed by atoms with Gasteiger partial charge in [0, 0.05) is 32.7 Å². The van der Waals surface area contributed by atoms with Crippen LogP contribution in [0.4, 0.5) is 5.82 Å². The van der Waals surface area contributed by atoms with Crippen molar-refractivity contribution in [3.8, 4) is 0 Å². The van der Waals surface area contributed by atoms with Crippen LogP contribution in [0, 0.1) is 0 Å². The third-order valence-corrected chi connectivity index (χ3v) is 4.28. The molecule has 0 aliphatic carbocycles. The summed E-state index contributed by atoms with van der Waals surface area (Å²) in [5.41, 5.74) is 1.60. The standard InChI is InChI=1S/C19H25N5O2/c25-19(21-10-11-24-12-14-26-15-13-24)17-6-7-18(23-22-17)20-9-8-16-4-2-1-3-5-16/h1-7H,8-15H2,(H,20,23)(H,21,25). The van der Waals surface area contributed by atoms with Crippen molar-refractivity contribution in [3.63, 3.8) is 0 Å². The highest BCUT2D eigenvalue weighted by Crippen LogP contribution is 2.04. The maximum Gasteiger partial charge on any atom is 0.271 e. The number of benzene rings is 1. The van der Waals surface area contributed by atoms with Gasteiger partial charge in [-0.15, -0.1) is 10.2 Å². The fourth-order valence-electron chi connectivity index (χ4n) is 2.77. The van der Waals surface area contributed by atoms with E-state index < -0.39 is 0 Å². The summed E-state index contributed by atoms with van der Waals surface area (Å²) in [5, 5.41) is 14.2. The van der Waals surface area contributed by atoms with Crippen molar-refractivity contribution in [1.29, 1.82) is 0 Å². The van der Waals surface area contributed by atoms with Crippen molar-refractivity contribution >= 4 is 11.7 Å². The smallest absolute Gasteiger partial charge is 0.271 e. The molecule has 7 nitrogen and oxygen atoms in total. The molecule has 1 aliphatic rings. The van der Waals surface area contributed by atoms with Gasteiger partial charge in [0.1, 0.15) is 5.82 Å². The van der Waals surface area contributed by atoms with Gasteiger partial charge >= 0.3 is 0 Å². The quantitative estimate of drug-likeness (QED) is 0.741. The first-order valence-corrected chi connectivity index (χ1v) is 9.01. The van der Waals surface area contributed by atoms with Crippen LogP contribution in [0.5, 0.6) is 0 Å². The highest BCUT2D eigenvalue weighted by Gasteiger charge is 2.11. The van der Waals surface area contributed by atoms with E-state index in [1.807, 2.05) is 18.2 Å². The number of nitrogens with zero attached hydrogens (tertiary/aromatic N) is 3. The number of aromatic nitrogens is 2. The zero-order valence-corrected chi connectivity index (χ0v) is 14.9. The Balaban J connectivity index is 1.38. The molecule has 1 saturated heterocycles. The van der Waals surface area contributed by atoms with Crippen LogP contribution in [-0.4, -0.2) is 66.9 Å². The molecule has 1 amide bonds. The van der Waals surface area contributed by atoms with E-state index in [1.54, 1.807) is 12.1 Å². The molecule has 2 N–H and O–H groups in total. The van der Waals surface area contributed by atoms with Crippen LogP contribution in [0.15, 0.2) is 42.5 Å². The first-order valence-electron chi connectivity index (χ1n) is 9.01. The molecule has 0 radical (unpaired) electrons. The Morgan fingerprint density at radius 3 is 2.58 bits per heavy atom. The molecule has 0 bridgehead atoms. The van der Waals surface area contributed by atoms with Crippen LogP contribution in [0.2, 0.25) is 0 Å². The van der Waals surface area contributed by atoms with Crippen molar-refractivity contribution in [2.75, 3.05) is 51.3 Å². The maximum absolute atomic E-state index is 12.1. The van der Waals surface area contributed by atoms with Crippen LogP contribution in [0.25, 0.3) is 0 Å². The lowest BCUT2D eigenvalue weighted by Gasteiger charge is -2.26. The van der Waals surface area contributed by atoms with Crippen LogP contribution >= 0.6 is 0 Å². The van der Waals surface area contributed by atoms with E-state index in [2.05, 4.69) is 37.9 Å². The largest absolute Gasteiger partial charge is 0.379 e. The van der Waals surface area contributed by atoms with E-state index in [1.165, 1.54) is 5.56 Å². The molecule has 2 heterocycles. The number of hydrogen-bond donors (Lipinski definition) is 2. The van der Waals surface area contributed by atoms with Gasteiger partial charge < -0.3 is 15.4 Å². The van der Waals surface area contributed by atoms with Gasteiger partial charge in [-0.05, 0) is 24.1 Å². The Bertz CT molecular complexity index is 672. The molecule has 1 fully saturated rings. The lowest BCUT2D eigenvalue weighted by molar-refractivity contribution is 0.0383. The van der Waals surface area contributed by atoms with E-state index in [-0.39, 0.29) is 5.91 Å². The lowest BCUT2D eigenvalue weighted by atomic mass is 10.1. The molecule has 1 aromatic heterocycles. The summed E-state index contributed by atoms with van der Waals surface area (Å²) in [6.45, 7) is 5.54. The molecular weight excluding hydrogens is 330 g/mol. The summed E-state index contributed by atoms with van der Waals surface area (Å²) in [6, 6.07) is 13.7. The summed E-state index contributed by atoms with van der Waals surface area (Å²) in [6.07, 6.45) is 0.909. The second-order valence-corrected chi connectivity index (χ2v) is 6.18. The van der Waals surface area contributed by atoms with Crippen LogP contribution in [-0.2, 0) is 11.2 Å². The van der Waals surface area contributed by atoms with Crippen molar-refractivity contribution < 1.29 is 9.53 Å². The van der Waals surface area contributed by atoms with Gasteiger partial charge in [0.05, 0.1) is 13.2 Å². The molecule has 0 unspecified atom stereocenters. The van der Waals surface area contributed by atoms with Crippen molar-refractivity contribution in [2.24, 2.45) is 0 Å². The zero-order chi connectivity index (χ0) is 18.0. The molecule has 0 spiro atoms. The number of ether oxygens (including phenoxy) is 1. The first-order chi connectivity index (χ1) is 12.8. The van der Waals surface area contributed by atoms with E-state index in [0.29, 0.717) is 18.1 Å². The number of morpholine rings is 1. The van der Waals surface area contributed by atoms with E-state index in [4.69, 9.17) is 4.74 Å². The molecule has 7 heteroatoms. The normalized spacial score (nSPS) is 14.8. The van der Waals surface area contributed by atoms with Crippen molar-refractivity contribution in [2.45, 2.75) is 6.42 Å². The Labute approximate surface area is 153 Å². The Kier molecular flexibility index (Phi) is 6.92. The van der Waals surface area contributed by atoms with Gasteiger partial charge in [-0.25, -0.2) is 0 Å². The summed E-state index contributed by atoms with van der Waals surface area (Å²) < 4.78 is 5.31. The summed E-state index contributed by atoms with van der Waals surface area (Å²) >= 11 is 0. The average molecular weight is 355 g/mol. The second-order valence-electron chi connectivity index (χ2n) is 6.18. The number of amides is 1. The third kappa shape index (κ3) is 5.79. The van der Waals surface area contributed by atoms with Gasteiger partial charge in [0.2, 0.25) is 0 Å². The van der Waals surface area contributed by atoms with Crippen molar-refractivity contribution in [1.82, 2.24) is 20.4 Å². The van der Waals surface area contributed by atoms with Gasteiger partial charge in [-0.1, -0.05) is 30.3 Å². The van der Waals surface area contributed by atoms with E-state index in [0.717, 1.165) is 45.8 Å². The fraction of sp³-hybridized carbons (Fsp3) is 0.421. The van der Waals surface area contributed by atoms with Gasteiger partial charge in [-0.3, -0.25) is 9.69 Å². The Hall–Kier alpha value is -2.51. The van der Waals surface area contributed by atoms with Gasteiger partial charge in [-0.2, -0.15) is 0 Å². The van der Waals surface area contributed by atoms with E-state index >= 15 is 0 Å². The Morgan fingerprint density at radius 1 is 1.04 bits per heavy atom. The minimum atomic E-state index is -0.193. The van der Waals surface area contributed by atoms with Crippen LogP contribution in [0.1, 0.15) is 16.1 Å². The lowest BCUT2D eigenvalue weighted by Crippen LogP contribution is -2.41. The molecule has 3 rings (SSSR count). The van der Waals surface area contributed by atoms with Crippen LogP contribution in [0.3, 0.4) is 0 Å². The fourth-order valence-corrected chi connectivity index (χ4v) is 2.77. The number of carbonyl (C=O) groups is 1. The topological polar surface area (TPSA) is 79.4 Å². The number of hydrogen-bond acceptors (Lipinski definition) is 6. The highest BCUT2D eigenvalue weighted by atomic mass is 16.5.